The van der Waals surface area contributed by atoms with E-state index in [0.29, 0.717) is 23.8 Å². The van der Waals surface area contributed by atoms with E-state index in [1.807, 2.05) is 29.3 Å². The Kier molecular flexibility index (Phi) is 5.94. The summed E-state index contributed by atoms with van der Waals surface area (Å²) in [6.45, 7) is 3.34. The summed E-state index contributed by atoms with van der Waals surface area (Å²) in [5.74, 6) is 2.74. The van der Waals surface area contributed by atoms with Gasteiger partial charge in [-0.3, -0.25) is 4.79 Å². The largest absolute Gasteiger partial charge is 0.493 e. The molecule has 4 rings (SSSR count). The van der Waals surface area contributed by atoms with Crippen LogP contribution in [0.3, 0.4) is 0 Å². The van der Waals surface area contributed by atoms with Crippen LogP contribution in [0.25, 0.3) is 0 Å². The highest BCUT2D eigenvalue weighted by molar-refractivity contribution is 5.79. The van der Waals surface area contributed by atoms with Gasteiger partial charge in [0, 0.05) is 56.0 Å². The predicted octanol–water partition coefficient (Wildman–Crippen LogP) is 2.09. The van der Waals surface area contributed by atoms with Gasteiger partial charge in [0.05, 0.1) is 20.6 Å². The van der Waals surface area contributed by atoms with Crippen molar-refractivity contribution in [3.63, 3.8) is 0 Å². The van der Waals surface area contributed by atoms with Crippen molar-refractivity contribution in [2.75, 3.05) is 33.9 Å². The van der Waals surface area contributed by atoms with E-state index < -0.39 is 0 Å². The first kappa shape index (κ1) is 19.6. The Balaban J connectivity index is 1.35. The lowest BCUT2D eigenvalue weighted by Crippen LogP contribution is -2.39. The van der Waals surface area contributed by atoms with E-state index in [1.165, 1.54) is 11.3 Å². The van der Waals surface area contributed by atoms with E-state index in [1.54, 1.807) is 14.2 Å². The van der Waals surface area contributed by atoms with E-state index in [2.05, 4.69) is 10.3 Å². The molecule has 0 spiro atoms. The molecule has 0 atom stereocenters. The second-order valence-corrected chi connectivity index (χ2v) is 7.65. The molecule has 1 saturated heterocycles. The van der Waals surface area contributed by atoms with Crippen LogP contribution in [0.2, 0.25) is 0 Å². The van der Waals surface area contributed by atoms with Crippen molar-refractivity contribution in [2.45, 2.75) is 38.1 Å². The van der Waals surface area contributed by atoms with E-state index in [-0.39, 0.29) is 5.91 Å². The number of benzene rings is 1. The molecule has 0 bridgehead atoms. The summed E-state index contributed by atoms with van der Waals surface area (Å²) in [7, 11) is 3.21. The van der Waals surface area contributed by atoms with E-state index in [9.17, 15) is 4.79 Å². The highest BCUT2D eigenvalue weighted by Crippen LogP contribution is 2.29. The number of rotatable bonds is 5. The number of amides is 1. The first-order valence-corrected chi connectivity index (χ1v) is 10.2. The molecule has 0 saturated carbocycles. The maximum Gasteiger partial charge on any atom is 0.226 e. The molecule has 0 aliphatic carbocycles. The molecule has 1 fully saturated rings. The van der Waals surface area contributed by atoms with Crippen molar-refractivity contribution >= 4 is 5.91 Å². The standard InChI is InChI=1S/C22H28N4O3/c1-28-19-4-3-15(11-20(19)29-2)12-21(27)26-9-6-16(7-10-26)22-24-14-17-13-23-8-5-18(17)25-22/h3-4,11,14,16,23H,5-10,12-13H2,1-2H3. The van der Waals surface area contributed by atoms with Gasteiger partial charge in [0.15, 0.2) is 11.5 Å². The molecule has 1 aromatic heterocycles. The molecule has 2 aliphatic heterocycles. The van der Waals surface area contributed by atoms with Crippen LogP contribution in [0.4, 0.5) is 0 Å². The summed E-state index contributed by atoms with van der Waals surface area (Å²) >= 11 is 0. The van der Waals surface area contributed by atoms with Crippen molar-refractivity contribution < 1.29 is 14.3 Å². The zero-order valence-electron chi connectivity index (χ0n) is 17.1. The Hall–Kier alpha value is -2.67. The number of aromatic nitrogens is 2. The van der Waals surface area contributed by atoms with Gasteiger partial charge < -0.3 is 19.7 Å². The first-order chi connectivity index (χ1) is 14.2. The van der Waals surface area contributed by atoms with Gasteiger partial charge in [0.25, 0.3) is 0 Å². The monoisotopic (exact) mass is 396 g/mol. The fourth-order valence-corrected chi connectivity index (χ4v) is 4.11. The molecule has 154 valence electrons. The third-order valence-corrected chi connectivity index (χ3v) is 5.84. The van der Waals surface area contributed by atoms with Crippen LogP contribution < -0.4 is 14.8 Å². The van der Waals surface area contributed by atoms with Gasteiger partial charge >= 0.3 is 0 Å². The molecule has 7 nitrogen and oxygen atoms in total. The topological polar surface area (TPSA) is 76.6 Å². The van der Waals surface area contributed by atoms with Gasteiger partial charge in [-0.15, -0.1) is 0 Å². The second-order valence-electron chi connectivity index (χ2n) is 7.65. The minimum atomic E-state index is 0.146. The highest BCUT2D eigenvalue weighted by Gasteiger charge is 2.26. The maximum atomic E-state index is 12.8. The van der Waals surface area contributed by atoms with Crippen LogP contribution in [-0.2, 0) is 24.2 Å². The third-order valence-electron chi connectivity index (χ3n) is 5.84. The predicted molar refractivity (Wildman–Crippen MR) is 109 cm³/mol. The highest BCUT2D eigenvalue weighted by atomic mass is 16.5. The molecule has 0 unspecified atom stereocenters. The Morgan fingerprint density at radius 2 is 2.00 bits per heavy atom. The molecule has 7 heteroatoms. The number of carbonyl (C=O) groups is 1. The van der Waals surface area contributed by atoms with Gasteiger partial charge in [-0.25, -0.2) is 9.97 Å². The fraction of sp³-hybridized carbons (Fsp3) is 0.500. The number of hydrogen-bond donors (Lipinski definition) is 1. The quantitative estimate of drug-likeness (QED) is 0.834. The molecular weight excluding hydrogens is 368 g/mol. The van der Waals surface area contributed by atoms with Crippen LogP contribution in [0.15, 0.2) is 24.4 Å². The number of piperidine rings is 1. The molecule has 2 aliphatic rings. The Labute approximate surface area is 171 Å². The van der Waals surface area contributed by atoms with Crippen LogP contribution >= 0.6 is 0 Å². The Morgan fingerprint density at radius 3 is 2.76 bits per heavy atom. The molecular formula is C22H28N4O3. The van der Waals surface area contributed by atoms with Crippen molar-refractivity contribution in [1.29, 1.82) is 0 Å². The lowest BCUT2D eigenvalue weighted by Gasteiger charge is -2.32. The summed E-state index contributed by atoms with van der Waals surface area (Å²) in [5.41, 5.74) is 3.32. The first-order valence-electron chi connectivity index (χ1n) is 10.2. The number of hydrogen-bond acceptors (Lipinski definition) is 6. The van der Waals surface area contributed by atoms with Crippen molar-refractivity contribution in [1.82, 2.24) is 20.2 Å². The minimum absolute atomic E-state index is 0.146. The van der Waals surface area contributed by atoms with Gasteiger partial charge in [0.1, 0.15) is 5.82 Å². The molecule has 29 heavy (non-hydrogen) atoms. The zero-order chi connectivity index (χ0) is 20.2. The summed E-state index contributed by atoms with van der Waals surface area (Å²) in [4.78, 5) is 24.2. The average molecular weight is 396 g/mol. The number of fused-ring (bicyclic) bond motifs is 1. The molecule has 1 amide bonds. The number of nitrogens with one attached hydrogen (secondary N) is 1. The smallest absolute Gasteiger partial charge is 0.226 e. The number of nitrogens with zero attached hydrogens (tertiary/aromatic N) is 3. The maximum absolute atomic E-state index is 12.8. The lowest BCUT2D eigenvalue weighted by atomic mass is 9.95. The molecule has 1 aromatic carbocycles. The molecule has 2 aromatic rings. The van der Waals surface area contributed by atoms with Gasteiger partial charge in [-0.05, 0) is 30.5 Å². The molecule has 0 radical (unpaired) electrons. The normalized spacial score (nSPS) is 17.0. The van der Waals surface area contributed by atoms with E-state index in [0.717, 1.165) is 56.8 Å². The van der Waals surface area contributed by atoms with Gasteiger partial charge in [-0.2, -0.15) is 0 Å². The molecule has 1 N–H and O–H groups in total. The number of likely N-dealkylation sites (tertiary alicyclic amines) is 1. The van der Waals surface area contributed by atoms with Crippen molar-refractivity contribution in [3.05, 3.63) is 47.0 Å². The van der Waals surface area contributed by atoms with Crippen LogP contribution in [0.5, 0.6) is 11.5 Å². The number of ether oxygens (including phenoxy) is 2. The number of methoxy groups -OCH3 is 2. The lowest BCUT2D eigenvalue weighted by molar-refractivity contribution is -0.131. The summed E-state index contributed by atoms with van der Waals surface area (Å²) in [6.07, 6.45) is 5.13. The Bertz CT molecular complexity index is 878. The zero-order valence-corrected chi connectivity index (χ0v) is 17.1. The van der Waals surface area contributed by atoms with Gasteiger partial charge in [0.2, 0.25) is 5.91 Å². The molecule has 3 heterocycles. The second kappa shape index (κ2) is 8.78. The van der Waals surface area contributed by atoms with E-state index >= 15 is 0 Å². The average Bonchev–Trinajstić information content (AvgIpc) is 2.78. The Morgan fingerprint density at radius 1 is 1.21 bits per heavy atom. The van der Waals surface area contributed by atoms with Crippen LogP contribution in [-0.4, -0.2) is 54.6 Å². The van der Waals surface area contributed by atoms with Gasteiger partial charge in [-0.1, -0.05) is 6.07 Å². The van der Waals surface area contributed by atoms with Crippen molar-refractivity contribution in [3.8, 4) is 11.5 Å². The number of carbonyl (C=O) groups excluding carboxylic acids is 1. The van der Waals surface area contributed by atoms with Crippen LogP contribution in [0.1, 0.15) is 41.4 Å². The third kappa shape index (κ3) is 4.34. The van der Waals surface area contributed by atoms with E-state index in [4.69, 9.17) is 14.5 Å². The van der Waals surface area contributed by atoms with Crippen molar-refractivity contribution in [2.24, 2.45) is 0 Å². The van der Waals surface area contributed by atoms with Crippen LogP contribution in [0, 0.1) is 0 Å². The summed E-state index contributed by atoms with van der Waals surface area (Å²) < 4.78 is 10.6. The summed E-state index contributed by atoms with van der Waals surface area (Å²) in [6, 6.07) is 5.64. The fourth-order valence-electron chi connectivity index (χ4n) is 4.11. The minimum Gasteiger partial charge on any atom is -0.493 e. The summed E-state index contributed by atoms with van der Waals surface area (Å²) in [5, 5.41) is 3.35. The SMILES string of the molecule is COc1ccc(CC(=O)N2CCC(c3ncc4c(n3)CCNC4)CC2)cc1OC.